The molecule has 1 heterocycles. The van der Waals surface area contributed by atoms with Crippen molar-refractivity contribution in [3.63, 3.8) is 0 Å². The van der Waals surface area contributed by atoms with Crippen molar-refractivity contribution in [2.45, 2.75) is 12.5 Å². The number of nitrogens with zero attached hydrogens (tertiary/aromatic N) is 1. The van der Waals surface area contributed by atoms with E-state index in [-0.39, 0.29) is 5.91 Å². The van der Waals surface area contributed by atoms with Crippen molar-refractivity contribution >= 4 is 34.9 Å². The number of hydrogen-bond donors (Lipinski definition) is 2. The highest BCUT2D eigenvalue weighted by Crippen LogP contribution is 2.31. The zero-order valence-corrected chi connectivity index (χ0v) is 17.7. The second-order valence-electron chi connectivity index (χ2n) is 7.16. The predicted octanol–water partition coefficient (Wildman–Crippen LogP) is 4.80. The van der Waals surface area contributed by atoms with Gasteiger partial charge in [-0.2, -0.15) is 0 Å². The SMILES string of the molecule is COc1ccc(Cl)cc1NC(=O)N[C@H](C(=O)N1CCc2ccccc21)c1ccccc1. The van der Waals surface area contributed by atoms with Gasteiger partial charge in [0.05, 0.1) is 12.8 Å². The van der Waals surface area contributed by atoms with Crippen LogP contribution in [0.3, 0.4) is 0 Å². The molecule has 0 radical (unpaired) electrons. The number of methoxy groups -OCH3 is 1. The van der Waals surface area contributed by atoms with Crippen LogP contribution in [0.2, 0.25) is 5.02 Å². The lowest BCUT2D eigenvalue weighted by atomic mass is 10.1. The van der Waals surface area contributed by atoms with Gasteiger partial charge in [0.25, 0.3) is 5.91 Å². The van der Waals surface area contributed by atoms with Gasteiger partial charge in [-0.3, -0.25) is 4.79 Å². The van der Waals surface area contributed by atoms with E-state index in [1.807, 2.05) is 54.6 Å². The fourth-order valence-corrected chi connectivity index (χ4v) is 3.90. The first-order valence-electron chi connectivity index (χ1n) is 9.92. The van der Waals surface area contributed by atoms with Crippen LogP contribution >= 0.6 is 11.6 Å². The molecule has 0 saturated carbocycles. The number of carbonyl (C=O) groups is 2. The van der Waals surface area contributed by atoms with Crippen molar-refractivity contribution < 1.29 is 14.3 Å². The van der Waals surface area contributed by atoms with E-state index in [0.29, 0.717) is 28.6 Å². The second kappa shape index (κ2) is 9.10. The second-order valence-corrected chi connectivity index (χ2v) is 7.59. The van der Waals surface area contributed by atoms with E-state index < -0.39 is 12.1 Å². The van der Waals surface area contributed by atoms with Gasteiger partial charge in [-0.1, -0.05) is 60.1 Å². The van der Waals surface area contributed by atoms with E-state index in [9.17, 15) is 9.59 Å². The van der Waals surface area contributed by atoms with E-state index >= 15 is 0 Å². The number of amides is 3. The monoisotopic (exact) mass is 435 g/mol. The smallest absolute Gasteiger partial charge is 0.320 e. The number of ether oxygens (including phenoxy) is 1. The highest BCUT2D eigenvalue weighted by Gasteiger charge is 2.32. The fourth-order valence-electron chi connectivity index (χ4n) is 3.72. The van der Waals surface area contributed by atoms with Crippen molar-refractivity contribution in [3.8, 4) is 5.75 Å². The Morgan fingerprint density at radius 2 is 1.77 bits per heavy atom. The third-order valence-corrected chi connectivity index (χ3v) is 5.45. The molecule has 3 aromatic rings. The van der Waals surface area contributed by atoms with Crippen molar-refractivity contribution in [1.29, 1.82) is 0 Å². The van der Waals surface area contributed by atoms with E-state index in [2.05, 4.69) is 10.6 Å². The Morgan fingerprint density at radius 1 is 1.03 bits per heavy atom. The molecule has 0 bridgehead atoms. The first-order chi connectivity index (χ1) is 15.1. The highest BCUT2D eigenvalue weighted by molar-refractivity contribution is 6.31. The lowest BCUT2D eigenvalue weighted by Gasteiger charge is -2.25. The molecule has 7 heteroatoms. The molecule has 0 spiro atoms. The van der Waals surface area contributed by atoms with Gasteiger partial charge in [-0.15, -0.1) is 0 Å². The van der Waals surface area contributed by atoms with Crippen LogP contribution in [0.15, 0.2) is 72.8 Å². The molecule has 158 valence electrons. The minimum Gasteiger partial charge on any atom is -0.495 e. The van der Waals surface area contributed by atoms with Crippen molar-refractivity contribution in [2.75, 3.05) is 23.9 Å². The first-order valence-corrected chi connectivity index (χ1v) is 10.3. The number of anilines is 2. The number of nitrogens with one attached hydrogen (secondary N) is 2. The van der Waals surface area contributed by atoms with Crippen LogP contribution in [0.25, 0.3) is 0 Å². The molecule has 6 nitrogen and oxygen atoms in total. The number of urea groups is 1. The highest BCUT2D eigenvalue weighted by atomic mass is 35.5. The number of para-hydroxylation sites is 1. The molecular weight excluding hydrogens is 414 g/mol. The molecule has 3 aromatic carbocycles. The molecular formula is C24H22ClN3O3. The molecule has 0 aliphatic carbocycles. The van der Waals surface area contributed by atoms with Crippen LogP contribution in [0, 0.1) is 0 Å². The third kappa shape index (κ3) is 4.49. The molecule has 1 aliphatic heterocycles. The van der Waals surface area contributed by atoms with Gasteiger partial charge in [0.15, 0.2) is 0 Å². The van der Waals surface area contributed by atoms with Gasteiger partial charge in [0.1, 0.15) is 11.8 Å². The van der Waals surface area contributed by atoms with E-state index in [1.54, 1.807) is 23.1 Å². The Balaban J connectivity index is 1.59. The Kier molecular flexibility index (Phi) is 6.09. The van der Waals surface area contributed by atoms with Crippen LogP contribution in [-0.2, 0) is 11.2 Å². The number of halogens is 1. The van der Waals surface area contributed by atoms with Gasteiger partial charge in [-0.25, -0.2) is 4.79 Å². The van der Waals surface area contributed by atoms with Crippen LogP contribution in [0.1, 0.15) is 17.2 Å². The summed E-state index contributed by atoms with van der Waals surface area (Å²) in [6.07, 6.45) is 0.787. The number of fused-ring (bicyclic) bond motifs is 1. The third-order valence-electron chi connectivity index (χ3n) is 5.22. The molecule has 0 unspecified atom stereocenters. The fraction of sp³-hybridized carbons (Fsp3) is 0.167. The van der Waals surface area contributed by atoms with Crippen LogP contribution < -0.4 is 20.3 Å². The summed E-state index contributed by atoms with van der Waals surface area (Å²) in [6, 6.07) is 20.6. The maximum Gasteiger partial charge on any atom is 0.320 e. The average molecular weight is 436 g/mol. The normalized spacial score (nSPS) is 13.3. The van der Waals surface area contributed by atoms with Gasteiger partial charge >= 0.3 is 6.03 Å². The summed E-state index contributed by atoms with van der Waals surface area (Å²) in [7, 11) is 1.51. The summed E-state index contributed by atoms with van der Waals surface area (Å²) in [4.78, 5) is 28.1. The maximum atomic E-state index is 13.5. The largest absolute Gasteiger partial charge is 0.495 e. The lowest BCUT2D eigenvalue weighted by molar-refractivity contribution is -0.120. The lowest BCUT2D eigenvalue weighted by Crippen LogP contribution is -2.43. The number of carbonyl (C=O) groups excluding carboxylic acids is 2. The Hall–Kier alpha value is -3.51. The first kappa shape index (κ1) is 20.8. The number of rotatable bonds is 5. The Bertz CT molecular complexity index is 1100. The summed E-state index contributed by atoms with van der Waals surface area (Å²) in [6.45, 7) is 0.576. The standard InChI is InChI=1S/C24H22ClN3O3/c1-31-21-12-11-18(25)15-19(21)26-24(30)27-22(17-8-3-2-4-9-17)23(29)28-14-13-16-7-5-6-10-20(16)28/h2-12,15,22H,13-14H2,1H3,(H2,26,27,30)/t22-/m0/s1. The molecule has 0 saturated heterocycles. The molecule has 2 N–H and O–H groups in total. The zero-order chi connectivity index (χ0) is 21.8. The van der Waals surface area contributed by atoms with E-state index in [1.165, 1.54) is 7.11 Å². The zero-order valence-electron chi connectivity index (χ0n) is 17.0. The molecule has 0 aromatic heterocycles. The molecule has 1 atom stereocenters. The summed E-state index contributed by atoms with van der Waals surface area (Å²) in [5.74, 6) is 0.278. The molecule has 31 heavy (non-hydrogen) atoms. The predicted molar refractivity (Wildman–Crippen MR) is 122 cm³/mol. The van der Waals surface area contributed by atoms with E-state index in [0.717, 1.165) is 17.7 Å². The van der Waals surface area contributed by atoms with Crippen LogP contribution in [0.4, 0.5) is 16.2 Å². The van der Waals surface area contributed by atoms with Crippen molar-refractivity contribution in [2.24, 2.45) is 0 Å². The Labute approximate surface area is 185 Å². The quantitative estimate of drug-likeness (QED) is 0.604. The minimum atomic E-state index is -0.850. The minimum absolute atomic E-state index is 0.190. The summed E-state index contributed by atoms with van der Waals surface area (Å²) in [5, 5.41) is 6.02. The average Bonchev–Trinajstić information content (AvgIpc) is 3.22. The van der Waals surface area contributed by atoms with Gasteiger partial charge < -0.3 is 20.3 Å². The molecule has 0 fully saturated rings. The maximum absolute atomic E-state index is 13.5. The summed E-state index contributed by atoms with van der Waals surface area (Å²) < 4.78 is 5.28. The summed E-state index contributed by atoms with van der Waals surface area (Å²) in [5.41, 5.74) is 3.12. The Morgan fingerprint density at radius 3 is 2.55 bits per heavy atom. The van der Waals surface area contributed by atoms with Crippen molar-refractivity contribution in [3.05, 3.63) is 88.9 Å². The van der Waals surface area contributed by atoms with Gasteiger partial charge in [0, 0.05) is 17.3 Å². The van der Waals surface area contributed by atoms with Gasteiger partial charge in [0.2, 0.25) is 0 Å². The van der Waals surface area contributed by atoms with Crippen LogP contribution in [-0.4, -0.2) is 25.6 Å². The van der Waals surface area contributed by atoms with E-state index in [4.69, 9.17) is 16.3 Å². The molecule has 3 amide bonds. The molecule has 4 rings (SSSR count). The molecule has 1 aliphatic rings. The summed E-state index contributed by atoms with van der Waals surface area (Å²) >= 11 is 6.06. The van der Waals surface area contributed by atoms with Gasteiger partial charge in [-0.05, 0) is 41.8 Å². The van der Waals surface area contributed by atoms with Crippen molar-refractivity contribution in [1.82, 2.24) is 5.32 Å². The number of benzene rings is 3. The topological polar surface area (TPSA) is 70.7 Å². The van der Waals surface area contributed by atoms with Crippen LogP contribution in [0.5, 0.6) is 5.75 Å². The number of hydrogen-bond acceptors (Lipinski definition) is 3.